The smallest absolute Gasteiger partial charge is 0.226 e. The number of halogens is 1. The molecule has 0 bridgehead atoms. The van der Waals surface area contributed by atoms with E-state index in [1.807, 2.05) is 6.92 Å². The number of rotatable bonds is 4. The molecule has 2 aromatic rings. The number of aryl methyl sites for hydroxylation is 1. The molecule has 0 aliphatic carbocycles. The van der Waals surface area contributed by atoms with E-state index in [4.69, 9.17) is 4.52 Å². The molecule has 1 aromatic carbocycles. The number of fused-ring (bicyclic) bond motifs is 1. The third kappa shape index (κ3) is 3.83. The van der Waals surface area contributed by atoms with Crippen molar-refractivity contribution in [2.24, 2.45) is 0 Å². The fourth-order valence-corrected chi connectivity index (χ4v) is 2.39. The Balaban J connectivity index is 0.00000161. The van der Waals surface area contributed by atoms with E-state index in [1.54, 1.807) is 6.07 Å². The van der Waals surface area contributed by atoms with Gasteiger partial charge in [-0.15, -0.1) is 12.4 Å². The number of hydrogen-bond acceptors (Lipinski definition) is 4. The first kappa shape index (κ1) is 15.5. The highest BCUT2D eigenvalue weighted by atomic mass is 35.5. The van der Waals surface area contributed by atoms with Gasteiger partial charge in [-0.3, -0.25) is 4.79 Å². The molecule has 0 saturated carbocycles. The second kappa shape index (κ2) is 6.74. The number of nitrogens with one attached hydrogen (secondary N) is 2. The summed E-state index contributed by atoms with van der Waals surface area (Å²) in [7, 11) is 0. The number of carbonyl (C=O) groups is 1. The van der Waals surface area contributed by atoms with Crippen molar-refractivity contribution in [1.29, 1.82) is 0 Å². The summed E-state index contributed by atoms with van der Waals surface area (Å²) in [6.45, 7) is 4.21. The van der Waals surface area contributed by atoms with Gasteiger partial charge in [0.1, 0.15) is 5.76 Å². The highest BCUT2D eigenvalue weighted by molar-refractivity contribution is 5.85. The molecule has 0 radical (unpaired) electrons. The Morgan fingerprint density at radius 1 is 1.33 bits per heavy atom. The van der Waals surface area contributed by atoms with Crippen LogP contribution in [0.15, 0.2) is 28.8 Å². The topological polar surface area (TPSA) is 67.2 Å². The summed E-state index contributed by atoms with van der Waals surface area (Å²) in [5, 5.41) is 10.0. The van der Waals surface area contributed by atoms with Gasteiger partial charge in [0, 0.05) is 25.7 Å². The Bertz CT molecular complexity index is 640. The number of hydrogen-bond donors (Lipinski definition) is 2. The Kier molecular flexibility index (Phi) is 4.98. The molecule has 21 heavy (non-hydrogen) atoms. The van der Waals surface area contributed by atoms with Crippen molar-refractivity contribution in [3.63, 3.8) is 0 Å². The third-order valence-electron chi connectivity index (χ3n) is 3.41. The van der Waals surface area contributed by atoms with Gasteiger partial charge >= 0.3 is 0 Å². The molecule has 5 nitrogen and oxygen atoms in total. The van der Waals surface area contributed by atoms with E-state index < -0.39 is 0 Å². The lowest BCUT2D eigenvalue weighted by Crippen LogP contribution is -2.24. The maximum absolute atomic E-state index is 11.8. The van der Waals surface area contributed by atoms with Gasteiger partial charge in [-0.1, -0.05) is 23.4 Å². The van der Waals surface area contributed by atoms with Crippen LogP contribution in [0.25, 0.3) is 0 Å². The number of carbonyl (C=O) groups excluding carboxylic acids is 1. The lowest BCUT2D eigenvalue weighted by Gasteiger charge is -2.06. The molecule has 1 aliphatic heterocycles. The number of aromatic nitrogens is 1. The van der Waals surface area contributed by atoms with Crippen molar-refractivity contribution in [3.05, 3.63) is 52.4 Å². The average molecular weight is 308 g/mol. The van der Waals surface area contributed by atoms with Crippen molar-refractivity contribution >= 4 is 18.3 Å². The Hall–Kier alpha value is -1.85. The van der Waals surface area contributed by atoms with E-state index in [-0.39, 0.29) is 24.7 Å². The van der Waals surface area contributed by atoms with Crippen molar-refractivity contribution in [2.45, 2.75) is 33.0 Å². The zero-order valence-electron chi connectivity index (χ0n) is 11.8. The largest absolute Gasteiger partial charge is 0.361 e. The molecule has 3 rings (SSSR count). The summed E-state index contributed by atoms with van der Waals surface area (Å²) in [6.07, 6.45) is 0.254. The molecule has 0 unspecified atom stereocenters. The van der Waals surface area contributed by atoms with Crippen LogP contribution in [-0.2, 0) is 30.8 Å². The van der Waals surface area contributed by atoms with Gasteiger partial charge in [0.15, 0.2) is 0 Å². The van der Waals surface area contributed by atoms with Crippen molar-refractivity contribution in [2.75, 3.05) is 0 Å². The molecule has 2 heterocycles. The fraction of sp³-hybridized carbons (Fsp3) is 0.333. The minimum Gasteiger partial charge on any atom is -0.361 e. The van der Waals surface area contributed by atoms with E-state index in [0.29, 0.717) is 12.2 Å². The Morgan fingerprint density at radius 2 is 2.14 bits per heavy atom. The summed E-state index contributed by atoms with van der Waals surface area (Å²) in [4.78, 5) is 11.8. The molecule has 0 fully saturated rings. The van der Waals surface area contributed by atoms with Crippen LogP contribution in [0.1, 0.15) is 28.1 Å². The SMILES string of the molecule is Cc1cc(CC(=O)NCc2ccc3c(c2)CNC3)no1.Cl. The molecule has 2 N–H and O–H groups in total. The lowest BCUT2D eigenvalue weighted by molar-refractivity contribution is -0.120. The Labute approximate surface area is 129 Å². The molecule has 112 valence electrons. The lowest BCUT2D eigenvalue weighted by atomic mass is 10.1. The number of benzene rings is 1. The second-order valence-corrected chi connectivity index (χ2v) is 5.09. The predicted octanol–water partition coefficient (Wildman–Crippen LogP) is 1.87. The molecule has 0 saturated heterocycles. The molecule has 1 amide bonds. The van der Waals surface area contributed by atoms with E-state index in [2.05, 4.69) is 34.0 Å². The first-order valence-electron chi connectivity index (χ1n) is 6.71. The summed E-state index contributed by atoms with van der Waals surface area (Å²) >= 11 is 0. The minimum atomic E-state index is -0.0445. The molecule has 1 aromatic heterocycles. The van der Waals surface area contributed by atoms with Gasteiger partial charge in [-0.05, 0) is 23.6 Å². The van der Waals surface area contributed by atoms with Crippen LogP contribution in [0.2, 0.25) is 0 Å². The summed E-state index contributed by atoms with van der Waals surface area (Å²) in [6, 6.07) is 8.11. The van der Waals surface area contributed by atoms with E-state index >= 15 is 0 Å². The van der Waals surface area contributed by atoms with Crippen molar-refractivity contribution in [1.82, 2.24) is 15.8 Å². The highest BCUT2D eigenvalue weighted by Crippen LogP contribution is 2.16. The molecule has 1 aliphatic rings. The van der Waals surface area contributed by atoms with Crippen LogP contribution < -0.4 is 10.6 Å². The number of nitrogens with zero attached hydrogens (tertiary/aromatic N) is 1. The second-order valence-electron chi connectivity index (χ2n) is 5.09. The average Bonchev–Trinajstić information content (AvgIpc) is 3.04. The van der Waals surface area contributed by atoms with Gasteiger partial charge in [-0.25, -0.2) is 0 Å². The van der Waals surface area contributed by atoms with Gasteiger partial charge in [-0.2, -0.15) is 0 Å². The van der Waals surface area contributed by atoms with E-state index in [9.17, 15) is 4.79 Å². The first-order chi connectivity index (χ1) is 9.70. The van der Waals surface area contributed by atoms with Crippen LogP contribution in [-0.4, -0.2) is 11.1 Å². The Morgan fingerprint density at radius 3 is 2.90 bits per heavy atom. The van der Waals surface area contributed by atoms with Crippen LogP contribution >= 0.6 is 12.4 Å². The molecule has 0 spiro atoms. The minimum absolute atomic E-state index is 0. The van der Waals surface area contributed by atoms with Crippen LogP contribution in [0.4, 0.5) is 0 Å². The summed E-state index contributed by atoms with van der Waals surface area (Å²) in [5.41, 5.74) is 4.46. The van der Waals surface area contributed by atoms with Crippen LogP contribution in [0, 0.1) is 6.92 Å². The summed E-state index contributed by atoms with van der Waals surface area (Å²) < 4.78 is 4.94. The van der Waals surface area contributed by atoms with E-state index in [1.165, 1.54) is 11.1 Å². The van der Waals surface area contributed by atoms with Crippen molar-refractivity contribution < 1.29 is 9.32 Å². The first-order valence-corrected chi connectivity index (χ1v) is 6.71. The molecular weight excluding hydrogens is 290 g/mol. The normalized spacial score (nSPS) is 12.6. The van der Waals surface area contributed by atoms with Gasteiger partial charge in [0.25, 0.3) is 0 Å². The van der Waals surface area contributed by atoms with Gasteiger partial charge in [0.2, 0.25) is 5.91 Å². The zero-order valence-corrected chi connectivity index (χ0v) is 12.6. The van der Waals surface area contributed by atoms with Crippen LogP contribution in [0.5, 0.6) is 0 Å². The molecule has 0 atom stereocenters. The maximum Gasteiger partial charge on any atom is 0.226 e. The molecular formula is C15H18ClN3O2. The predicted molar refractivity (Wildman–Crippen MR) is 81.0 cm³/mol. The zero-order chi connectivity index (χ0) is 13.9. The summed E-state index contributed by atoms with van der Waals surface area (Å²) in [5.74, 6) is 0.677. The quantitative estimate of drug-likeness (QED) is 0.905. The van der Waals surface area contributed by atoms with E-state index in [0.717, 1.165) is 24.4 Å². The van der Waals surface area contributed by atoms with Gasteiger partial charge in [0.05, 0.1) is 12.1 Å². The van der Waals surface area contributed by atoms with Crippen LogP contribution in [0.3, 0.4) is 0 Å². The fourth-order valence-electron chi connectivity index (χ4n) is 2.39. The monoisotopic (exact) mass is 307 g/mol. The standard InChI is InChI=1S/C15H17N3O2.ClH/c1-10-4-14(18-20-10)6-15(19)17-7-11-2-3-12-8-16-9-13(12)5-11;/h2-5,16H,6-9H2,1H3,(H,17,19);1H. The maximum atomic E-state index is 11.8. The third-order valence-corrected chi connectivity index (χ3v) is 3.41. The number of amides is 1. The molecule has 6 heteroatoms. The van der Waals surface area contributed by atoms with Gasteiger partial charge < -0.3 is 15.2 Å². The highest BCUT2D eigenvalue weighted by Gasteiger charge is 2.11. The van der Waals surface area contributed by atoms with Crippen molar-refractivity contribution in [3.8, 4) is 0 Å².